The van der Waals surface area contributed by atoms with Gasteiger partial charge in [-0.2, -0.15) is 0 Å². The largest absolute Gasteiger partial charge is 0.396 e. The van der Waals surface area contributed by atoms with Gasteiger partial charge in [0.2, 0.25) is 5.91 Å². The SMILES string of the molecule is O=C(CCCc1ccccc1)N1CCC(CO)CC1. The van der Waals surface area contributed by atoms with Crippen molar-refractivity contribution in [1.82, 2.24) is 4.90 Å². The van der Waals surface area contributed by atoms with E-state index in [0.29, 0.717) is 12.3 Å². The zero-order chi connectivity index (χ0) is 13.5. The molecule has 1 aliphatic rings. The number of hydrogen-bond donors (Lipinski definition) is 1. The van der Waals surface area contributed by atoms with Crippen LogP contribution in [0, 0.1) is 5.92 Å². The third-order valence-corrected chi connectivity index (χ3v) is 3.92. The molecule has 0 bridgehead atoms. The van der Waals surface area contributed by atoms with Crippen LogP contribution in [-0.2, 0) is 11.2 Å². The molecule has 1 amide bonds. The topological polar surface area (TPSA) is 40.5 Å². The molecule has 3 heteroatoms. The number of likely N-dealkylation sites (tertiary alicyclic amines) is 1. The van der Waals surface area contributed by atoms with Crippen molar-refractivity contribution in [3.63, 3.8) is 0 Å². The molecular formula is C16H23NO2. The average molecular weight is 261 g/mol. The maximum atomic E-state index is 12.0. The lowest BCUT2D eigenvalue weighted by atomic mass is 9.97. The quantitative estimate of drug-likeness (QED) is 0.883. The zero-order valence-electron chi connectivity index (χ0n) is 11.4. The maximum absolute atomic E-state index is 12.0. The number of hydrogen-bond acceptors (Lipinski definition) is 2. The van der Waals surface area contributed by atoms with E-state index in [1.807, 2.05) is 23.1 Å². The number of piperidine rings is 1. The fourth-order valence-corrected chi connectivity index (χ4v) is 2.61. The van der Waals surface area contributed by atoms with Gasteiger partial charge in [0.05, 0.1) is 0 Å². The van der Waals surface area contributed by atoms with E-state index in [1.54, 1.807) is 0 Å². The van der Waals surface area contributed by atoms with E-state index in [0.717, 1.165) is 38.8 Å². The van der Waals surface area contributed by atoms with Gasteiger partial charge in [0, 0.05) is 26.1 Å². The lowest BCUT2D eigenvalue weighted by Gasteiger charge is -2.31. The van der Waals surface area contributed by atoms with Crippen LogP contribution in [0.5, 0.6) is 0 Å². The molecule has 1 fully saturated rings. The standard InChI is InChI=1S/C16H23NO2/c18-13-15-9-11-17(12-10-15)16(19)8-4-7-14-5-2-1-3-6-14/h1-3,5-6,15,18H,4,7-13H2. The van der Waals surface area contributed by atoms with Gasteiger partial charge in [-0.3, -0.25) is 4.79 Å². The van der Waals surface area contributed by atoms with E-state index in [1.165, 1.54) is 5.56 Å². The van der Waals surface area contributed by atoms with Crippen LogP contribution in [0.25, 0.3) is 0 Å². The number of amides is 1. The highest BCUT2D eigenvalue weighted by Crippen LogP contribution is 2.17. The Morgan fingerprint density at radius 3 is 2.53 bits per heavy atom. The summed E-state index contributed by atoms with van der Waals surface area (Å²) in [6, 6.07) is 10.3. The first-order chi connectivity index (χ1) is 9.29. The van der Waals surface area contributed by atoms with Gasteiger partial charge in [-0.25, -0.2) is 0 Å². The van der Waals surface area contributed by atoms with E-state index < -0.39 is 0 Å². The second-order valence-electron chi connectivity index (χ2n) is 5.35. The normalized spacial score (nSPS) is 16.6. The molecule has 1 saturated heterocycles. The molecule has 0 saturated carbocycles. The first-order valence-corrected chi connectivity index (χ1v) is 7.22. The Labute approximate surface area is 115 Å². The number of aliphatic hydroxyl groups is 1. The molecule has 0 aromatic heterocycles. The highest BCUT2D eigenvalue weighted by atomic mass is 16.3. The number of aryl methyl sites for hydroxylation is 1. The molecule has 104 valence electrons. The number of carbonyl (C=O) groups excluding carboxylic acids is 1. The predicted octanol–water partition coefficient (Wildman–Crippen LogP) is 2.24. The summed E-state index contributed by atoms with van der Waals surface area (Å²) in [5.41, 5.74) is 1.30. The molecule has 2 rings (SSSR count). The van der Waals surface area contributed by atoms with Gasteiger partial charge in [0.15, 0.2) is 0 Å². The second-order valence-corrected chi connectivity index (χ2v) is 5.35. The van der Waals surface area contributed by atoms with Crippen molar-refractivity contribution < 1.29 is 9.90 Å². The Bertz CT molecular complexity index is 383. The van der Waals surface area contributed by atoms with E-state index in [-0.39, 0.29) is 12.5 Å². The van der Waals surface area contributed by atoms with Crippen LogP contribution in [-0.4, -0.2) is 35.6 Å². The van der Waals surface area contributed by atoms with Gasteiger partial charge in [0.25, 0.3) is 0 Å². The third-order valence-electron chi connectivity index (χ3n) is 3.92. The molecule has 19 heavy (non-hydrogen) atoms. The van der Waals surface area contributed by atoms with E-state index >= 15 is 0 Å². The Morgan fingerprint density at radius 1 is 1.21 bits per heavy atom. The summed E-state index contributed by atoms with van der Waals surface area (Å²) in [5, 5.41) is 9.08. The Balaban J connectivity index is 1.67. The Morgan fingerprint density at radius 2 is 1.89 bits per heavy atom. The summed E-state index contributed by atoms with van der Waals surface area (Å²) >= 11 is 0. The minimum absolute atomic E-state index is 0.260. The van der Waals surface area contributed by atoms with Crippen LogP contribution < -0.4 is 0 Å². The van der Waals surface area contributed by atoms with Crippen LogP contribution in [0.3, 0.4) is 0 Å². The van der Waals surface area contributed by atoms with Crippen molar-refractivity contribution in [3.8, 4) is 0 Å². The van der Waals surface area contributed by atoms with Crippen LogP contribution in [0.2, 0.25) is 0 Å². The molecule has 1 aliphatic heterocycles. The maximum Gasteiger partial charge on any atom is 0.222 e. The van der Waals surface area contributed by atoms with Crippen LogP contribution in [0.4, 0.5) is 0 Å². The number of benzene rings is 1. The molecular weight excluding hydrogens is 238 g/mol. The first-order valence-electron chi connectivity index (χ1n) is 7.22. The summed E-state index contributed by atoms with van der Waals surface area (Å²) < 4.78 is 0. The smallest absolute Gasteiger partial charge is 0.222 e. The molecule has 3 nitrogen and oxygen atoms in total. The monoisotopic (exact) mass is 261 g/mol. The van der Waals surface area contributed by atoms with Crippen LogP contribution in [0.1, 0.15) is 31.2 Å². The number of rotatable bonds is 5. The molecule has 0 radical (unpaired) electrons. The fraction of sp³-hybridized carbons (Fsp3) is 0.562. The van der Waals surface area contributed by atoms with Crippen molar-refractivity contribution >= 4 is 5.91 Å². The van der Waals surface area contributed by atoms with Gasteiger partial charge >= 0.3 is 0 Å². The van der Waals surface area contributed by atoms with Gasteiger partial charge in [-0.15, -0.1) is 0 Å². The minimum atomic E-state index is 0.260. The summed E-state index contributed by atoms with van der Waals surface area (Å²) in [6.45, 7) is 1.89. The second kappa shape index (κ2) is 7.29. The molecule has 1 N–H and O–H groups in total. The van der Waals surface area contributed by atoms with E-state index in [2.05, 4.69) is 12.1 Å². The fourth-order valence-electron chi connectivity index (χ4n) is 2.61. The van der Waals surface area contributed by atoms with Crippen molar-refractivity contribution in [3.05, 3.63) is 35.9 Å². The minimum Gasteiger partial charge on any atom is -0.396 e. The molecule has 1 heterocycles. The molecule has 0 atom stereocenters. The van der Waals surface area contributed by atoms with Gasteiger partial charge < -0.3 is 10.0 Å². The van der Waals surface area contributed by atoms with Crippen molar-refractivity contribution in [1.29, 1.82) is 0 Å². The first kappa shape index (κ1) is 14.1. The highest BCUT2D eigenvalue weighted by molar-refractivity contribution is 5.76. The summed E-state index contributed by atoms with van der Waals surface area (Å²) in [7, 11) is 0. The predicted molar refractivity (Wildman–Crippen MR) is 75.8 cm³/mol. The molecule has 1 aromatic rings. The van der Waals surface area contributed by atoms with Crippen molar-refractivity contribution in [2.75, 3.05) is 19.7 Å². The number of nitrogens with zero attached hydrogens (tertiary/aromatic N) is 1. The van der Waals surface area contributed by atoms with Crippen molar-refractivity contribution in [2.45, 2.75) is 32.1 Å². The Hall–Kier alpha value is -1.35. The lowest BCUT2D eigenvalue weighted by molar-refractivity contribution is -0.132. The molecule has 1 aromatic carbocycles. The number of aliphatic hydroxyl groups excluding tert-OH is 1. The summed E-state index contributed by atoms with van der Waals surface area (Å²) in [6.07, 6.45) is 4.42. The van der Waals surface area contributed by atoms with Crippen LogP contribution >= 0.6 is 0 Å². The van der Waals surface area contributed by atoms with Gasteiger partial charge in [-0.1, -0.05) is 30.3 Å². The zero-order valence-corrected chi connectivity index (χ0v) is 11.4. The summed E-state index contributed by atoms with van der Waals surface area (Å²) in [5.74, 6) is 0.667. The van der Waals surface area contributed by atoms with Crippen LogP contribution in [0.15, 0.2) is 30.3 Å². The Kier molecular flexibility index (Phi) is 5.40. The van der Waals surface area contributed by atoms with E-state index in [9.17, 15) is 4.79 Å². The molecule has 0 spiro atoms. The van der Waals surface area contributed by atoms with Crippen molar-refractivity contribution in [2.24, 2.45) is 5.92 Å². The highest BCUT2D eigenvalue weighted by Gasteiger charge is 2.21. The summed E-state index contributed by atoms with van der Waals surface area (Å²) in [4.78, 5) is 14.0. The number of carbonyl (C=O) groups is 1. The van der Waals surface area contributed by atoms with E-state index in [4.69, 9.17) is 5.11 Å². The average Bonchev–Trinajstić information content (AvgIpc) is 2.48. The molecule has 0 aliphatic carbocycles. The van der Waals surface area contributed by atoms with Gasteiger partial charge in [-0.05, 0) is 37.2 Å². The molecule has 0 unspecified atom stereocenters. The third kappa shape index (κ3) is 4.35. The lowest BCUT2D eigenvalue weighted by Crippen LogP contribution is -2.39. The van der Waals surface area contributed by atoms with Gasteiger partial charge in [0.1, 0.15) is 0 Å².